The summed E-state index contributed by atoms with van der Waals surface area (Å²) in [5, 5.41) is 17.5. The number of guanidine groups is 1. The maximum atomic E-state index is 5.88. The number of rotatable bonds is 8. The Balaban J connectivity index is 0.00000272. The van der Waals surface area contributed by atoms with Crippen LogP contribution >= 0.6 is 24.0 Å². The number of aromatic nitrogens is 3. The molecule has 4 rings (SSSR count). The van der Waals surface area contributed by atoms with Crippen LogP contribution in [-0.4, -0.2) is 47.3 Å². The summed E-state index contributed by atoms with van der Waals surface area (Å²) in [5.74, 6) is 2.60. The summed E-state index contributed by atoms with van der Waals surface area (Å²) in [5.41, 5.74) is 0.862. The second-order valence-corrected chi connectivity index (χ2v) is 6.93. The third kappa shape index (κ3) is 6.06. The molecule has 2 heterocycles. The molecular formula is C23H27IN6O. The van der Waals surface area contributed by atoms with Crippen molar-refractivity contribution in [1.29, 1.82) is 0 Å². The minimum atomic E-state index is 0. The number of fused-ring (bicyclic) bond motifs is 2. The molecule has 2 aromatic heterocycles. The smallest absolute Gasteiger partial charge is 0.190 e. The van der Waals surface area contributed by atoms with Gasteiger partial charge in [0.15, 0.2) is 11.6 Å². The maximum absolute atomic E-state index is 5.88. The summed E-state index contributed by atoms with van der Waals surface area (Å²) in [7, 11) is 1.77. The van der Waals surface area contributed by atoms with Crippen LogP contribution in [0.15, 0.2) is 71.9 Å². The highest BCUT2D eigenvalue weighted by Gasteiger charge is 2.05. The molecule has 4 aromatic rings. The molecule has 0 bridgehead atoms. The van der Waals surface area contributed by atoms with Crippen molar-refractivity contribution in [2.24, 2.45) is 4.99 Å². The van der Waals surface area contributed by atoms with Crippen LogP contribution < -0.4 is 15.4 Å². The zero-order valence-electron chi connectivity index (χ0n) is 17.5. The van der Waals surface area contributed by atoms with Crippen LogP contribution in [0.4, 0.5) is 0 Å². The molecule has 0 unspecified atom stereocenters. The van der Waals surface area contributed by atoms with Crippen molar-refractivity contribution in [2.75, 3.05) is 26.7 Å². The van der Waals surface area contributed by atoms with Crippen LogP contribution in [0.1, 0.15) is 12.2 Å². The molecule has 0 atom stereocenters. The van der Waals surface area contributed by atoms with Gasteiger partial charge in [-0.2, -0.15) is 0 Å². The number of benzene rings is 2. The molecule has 0 radical (unpaired) electrons. The normalized spacial score (nSPS) is 11.3. The second kappa shape index (κ2) is 11.5. The Bertz CT molecular complexity index is 1140. The summed E-state index contributed by atoms with van der Waals surface area (Å²) in [6, 6.07) is 20.4. The maximum Gasteiger partial charge on any atom is 0.190 e. The predicted octanol–water partition coefficient (Wildman–Crippen LogP) is 3.68. The molecule has 31 heavy (non-hydrogen) atoms. The fraction of sp³-hybridized carbons (Fsp3) is 0.261. The number of hydrogen-bond donors (Lipinski definition) is 2. The van der Waals surface area contributed by atoms with Crippen molar-refractivity contribution >= 4 is 46.4 Å². The lowest BCUT2D eigenvalue weighted by Gasteiger charge is -2.12. The van der Waals surface area contributed by atoms with Crippen LogP contribution in [0.2, 0.25) is 0 Å². The van der Waals surface area contributed by atoms with Gasteiger partial charge in [-0.1, -0.05) is 36.4 Å². The van der Waals surface area contributed by atoms with E-state index >= 15 is 0 Å². The number of ether oxygens (including phenoxy) is 1. The third-order valence-corrected chi connectivity index (χ3v) is 4.85. The van der Waals surface area contributed by atoms with E-state index in [1.54, 1.807) is 7.05 Å². The molecule has 0 fully saturated rings. The van der Waals surface area contributed by atoms with E-state index in [1.807, 2.05) is 47.0 Å². The topological polar surface area (TPSA) is 75.8 Å². The second-order valence-electron chi connectivity index (χ2n) is 6.93. The predicted molar refractivity (Wildman–Crippen MR) is 136 cm³/mol. The van der Waals surface area contributed by atoms with Crippen molar-refractivity contribution < 1.29 is 4.74 Å². The van der Waals surface area contributed by atoms with Gasteiger partial charge in [0, 0.05) is 32.8 Å². The summed E-state index contributed by atoms with van der Waals surface area (Å²) in [4.78, 5) is 4.27. The van der Waals surface area contributed by atoms with Gasteiger partial charge in [-0.05, 0) is 41.5 Å². The fourth-order valence-corrected chi connectivity index (χ4v) is 3.30. The number of hydrogen-bond acceptors (Lipinski definition) is 4. The molecule has 162 valence electrons. The van der Waals surface area contributed by atoms with Crippen molar-refractivity contribution in [3.8, 4) is 5.75 Å². The van der Waals surface area contributed by atoms with E-state index in [0.29, 0.717) is 6.61 Å². The number of nitrogens with one attached hydrogen (secondary N) is 2. The summed E-state index contributed by atoms with van der Waals surface area (Å²) >= 11 is 0. The first-order valence-electron chi connectivity index (χ1n) is 10.2. The SMILES string of the molecule is CN=C(NCCCOc1ccc2ccccc2c1)NCCc1nnc2ccccn12.I. The van der Waals surface area contributed by atoms with Gasteiger partial charge in [0.2, 0.25) is 0 Å². The van der Waals surface area contributed by atoms with E-state index in [1.165, 1.54) is 10.8 Å². The fourth-order valence-electron chi connectivity index (χ4n) is 3.30. The van der Waals surface area contributed by atoms with E-state index in [2.05, 4.69) is 50.1 Å². The Labute approximate surface area is 199 Å². The Kier molecular flexibility index (Phi) is 8.45. The first-order chi connectivity index (χ1) is 14.8. The molecule has 0 saturated carbocycles. The van der Waals surface area contributed by atoms with E-state index in [4.69, 9.17) is 4.74 Å². The molecular weight excluding hydrogens is 503 g/mol. The molecule has 0 amide bonds. The Morgan fingerprint density at radius 3 is 2.65 bits per heavy atom. The molecule has 0 aliphatic heterocycles. The summed E-state index contributed by atoms with van der Waals surface area (Å²) < 4.78 is 7.88. The van der Waals surface area contributed by atoms with Crippen LogP contribution in [0.5, 0.6) is 5.75 Å². The molecule has 0 aliphatic carbocycles. The lowest BCUT2D eigenvalue weighted by Crippen LogP contribution is -2.39. The monoisotopic (exact) mass is 530 g/mol. The van der Waals surface area contributed by atoms with E-state index in [9.17, 15) is 0 Å². The van der Waals surface area contributed by atoms with Crippen molar-refractivity contribution in [3.63, 3.8) is 0 Å². The first-order valence-corrected chi connectivity index (χ1v) is 10.2. The van der Waals surface area contributed by atoms with E-state index in [-0.39, 0.29) is 24.0 Å². The van der Waals surface area contributed by atoms with Crippen LogP contribution in [-0.2, 0) is 6.42 Å². The van der Waals surface area contributed by atoms with Crippen molar-refractivity contribution in [2.45, 2.75) is 12.8 Å². The van der Waals surface area contributed by atoms with Gasteiger partial charge in [0.05, 0.1) is 6.61 Å². The van der Waals surface area contributed by atoms with Gasteiger partial charge in [-0.15, -0.1) is 34.2 Å². The van der Waals surface area contributed by atoms with Crippen molar-refractivity contribution in [3.05, 3.63) is 72.7 Å². The van der Waals surface area contributed by atoms with Gasteiger partial charge in [-0.25, -0.2) is 0 Å². The third-order valence-electron chi connectivity index (χ3n) is 4.85. The molecule has 0 spiro atoms. The Morgan fingerprint density at radius 1 is 0.968 bits per heavy atom. The minimum Gasteiger partial charge on any atom is -0.494 e. The number of aliphatic imine (C=N–C) groups is 1. The molecule has 2 N–H and O–H groups in total. The number of nitrogens with zero attached hydrogens (tertiary/aromatic N) is 4. The quantitative estimate of drug-likeness (QED) is 0.157. The highest BCUT2D eigenvalue weighted by molar-refractivity contribution is 14.0. The zero-order valence-corrected chi connectivity index (χ0v) is 19.8. The van der Waals surface area contributed by atoms with E-state index < -0.39 is 0 Å². The van der Waals surface area contributed by atoms with Gasteiger partial charge in [0.25, 0.3) is 0 Å². The molecule has 0 aliphatic rings. The summed E-state index contributed by atoms with van der Waals surface area (Å²) in [6.07, 6.45) is 3.62. The van der Waals surface area contributed by atoms with E-state index in [0.717, 1.165) is 49.1 Å². The molecule has 8 heteroatoms. The zero-order chi connectivity index (χ0) is 20.6. The Morgan fingerprint density at radius 2 is 1.77 bits per heavy atom. The molecule has 7 nitrogen and oxygen atoms in total. The number of halogens is 1. The average Bonchev–Trinajstić information content (AvgIpc) is 3.20. The van der Waals surface area contributed by atoms with Crippen molar-refractivity contribution in [1.82, 2.24) is 25.2 Å². The van der Waals surface area contributed by atoms with Gasteiger partial charge >= 0.3 is 0 Å². The van der Waals surface area contributed by atoms with Gasteiger partial charge < -0.3 is 15.4 Å². The lowest BCUT2D eigenvalue weighted by molar-refractivity contribution is 0.311. The van der Waals surface area contributed by atoms with Gasteiger partial charge in [-0.3, -0.25) is 9.39 Å². The largest absolute Gasteiger partial charge is 0.494 e. The van der Waals surface area contributed by atoms with Crippen LogP contribution in [0.3, 0.4) is 0 Å². The number of pyridine rings is 1. The standard InChI is InChI=1S/C23H26N6O.HI/c1-24-23(26-14-12-22-28-27-21-9-4-5-15-29(21)22)25-13-6-16-30-20-11-10-18-7-2-3-8-19(18)17-20;/h2-5,7-11,15,17H,6,12-14,16H2,1H3,(H2,24,25,26);1H. The lowest BCUT2D eigenvalue weighted by atomic mass is 10.1. The minimum absolute atomic E-state index is 0. The molecule has 0 saturated heterocycles. The highest BCUT2D eigenvalue weighted by atomic mass is 127. The van der Waals surface area contributed by atoms with Gasteiger partial charge in [0.1, 0.15) is 11.6 Å². The molecule has 2 aromatic carbocycles. The van der Waals surface area contributed by atoms with Crippen LogP contribution in [0, 0.1) is 0 Å². The Hall–Kier alpha value is -2.88. The summed E-state index contributed by atoms with van der Waals surface area (Å²) in [6.45, 7) is 2.15. The average molecular weight is 530 g/mol. The first kappa shape index (κ1) is 22.8. The highest BCUT2D eigenvalue weighted by Crippen LogP contribution is 2.20. The van der Waals surface area contributed by atoms with Crippen LogP contribution in [0.25, 0.3) is 16.4 Å².